The number of carbonyl (C=O) groups is 1. The maximum absolute atomic E-state index is 13.4. The zero-order chi connectivity index (χ0) is 18.4. The number of hydrogen-bond donors (Lipinski definition) is 0. The fourth-order valence-electron chi connectivity index (χ4n) is 3.40. The highest BCUT2D eigenvalue weighted by atomic mass is 32.1. The summed E-state index contributed by atoms with van der Waals surface area (Å²) in [5.41, 5.74) is 2.32. The second-order valence-corrected chi connectivity index (χ2v) is 7.73. The van der Waals surface area contributed by atoms with E-state index in [2.05, 4.69) is 36.9 Å². The van der Waals surface area contributed by atoms with Crippen LogP contribution >= 0.6 is 11.3 Å². The van der Waals surface area contributed by atoms with Gasteiger partial charge >= 0.3 is 0 Å². The minimum atomic E-state index is 0.146. The molecule has 2 aromatic rings. The van der Waals surface area contributed by atoms with Crippen molar-refractivity contribution in [3.05, 3.63) is 57.8 Å². The molecule has 140 valence electrons. The molecular weight excluding hydrogens is 344 g/mol. The molecule has 0 spiro atoms. The Morgan fingerprint density at radius 2 is 1.96 bits per heavy atom. The van der Waals surface area contributed by atoms with Gasteiger partial charge < -0.3 is 9.64 Å². The van der Waals surface area contributed by atoms with Crippen LogP contribution in [0, 0.1) is 0 Å². The summed E-state index contributed by atoms with van der Waals surface area (Å²) in [6.45, 7) is 9.25. The minimum Gasteiger partial charge on any atom is -0.379 e. The quantitative estimate of drug-likeness (QED) is 0.743. The highest BCUT2D eigenvalue weighted by Gasteiger charge is 2.26. The first kappa shape index (κ1) is 19.1. The Labute approximate surface area is 160 Å². The van der Waals surface area contributed by atoms with Gasteiger partial charge in [0.15, 0.2) is 0 Å². The molecule has 5 heteroatoms. The first-order valence-corrected chi connectivity index (χ1v) is 10.3. The van der Waals surface area contributed by atoms with Crippen LogP contribution in [0.15, 0.2) is 41.8 Å². The Kier molecular flexibility index (Phi) is 6.83. The summed E-state index contributed by atoms with van der Waals surface area (Å²) in [5.74, 6) is 0.154. The van der Waals surface area contributed by atoms with Gasteiger partial charge in [-0.15, -0.1) is 11.3 Å². The molecule has 1 fully saturated rings. The number of hydrogen-bond acceptors (Lipinski definition) is 4. The van der Waals surface area contributed by atoms with Gasteiger partial charge in [-0.3, -0.25) is 9.69 Å². The molecule has 1 saturated heterocycles. The van der Waals surface area contributed by atoms with Crippen LogP contribution in [0.2, 0.25) is 0 Å². The van der Waals surface area contributed by atoms with Crippen molar-refractivity contribution in [1.29, 1.82) is 0 Å². The zero-order valence-electron chi connectivity index (χ0n) is 15.7. The van der Waals surface area contributed by atoms with Crippen molar-refractivity contribution in [2.45, 2.75) is 32.9 Å². The van der Waals surface area contributed by atoms with Crippen LogP contribution < -0.4 is 0 Å². The molecule has 3 rings (SSSR count). The van der Waals surface area contributed by atoms with E-state index in [0.717, 1.165) is 49.7 Å². The number of aryl methyl sites for hydroxylation is 1. The summed E-state index contributed by atoms with van der Waals surface area (Å²) in [7, 11) is 0. The average Bonchev–Trinajstić information content (AvgIpc) is 3.16. The number of nitrogens with zero attached hydrogens (tertiary/aromatic N) is 2. The van der Waals surface area contributed by atoms with Crippen molar-refractivity contribution in [1.82, 2.24) is 9.80 Å². The molecule has 0 N–H and O–H groups in total. The number of morpholine rings is 1. The third kappa shape index (κ3) is 4.72. The molecule has 4 nitrogen and oxygen atoms in total. The number of amides is 1. The Balaban J connectivity index is 1.79. The molecule has 0 bridgehead atoms. The van der Waals surface area contributed by atoms with E-state index < -0.39 is 0 Å². The van der Waals surface area contributed by atoms with Crippen molar-refractivity contribution < 1.29 is 9.53 Å². The molecule has 1 unspecified atom stereocenters. The maximum atomic E-state index is 13.4. The zero-order valence-corrected chi connectivity index (χ0v) is 16.5. The molecule has 1 aromatic carbocycles. The van der Waals surface area contributed by atoms with Crippen LogP contribution in [0.4, 0.5) is 0 Å². The van der Waals surface area contributed by atoms with Gasteiger partial charge in [0.05, 0.1) is 18.1 Å². The van der Waals surface area contributed by atoms with E-state index in [-0.39, 0.29) is 11.9 Å². The van der Waals surface area contributed by atoms with Crippen molar-refractivity contribution in [2.24, 2.45) is 0 Å². The lowest BCUT2D eigenvalue weighted by atomic mass is 10.1. The summed E-state index contributed by atoms with van der Waals surface area (Å²) in [5, 5.41) is 2.03. The molecule has 1 atom stereocenters. The van der Waals surface area contributed by atoms with Gasteiger partial charge in [0, 0.05) is 32.2 Å². The lowest BCUT2D eigenvalue weighted by Crippen LogP contribution is -2.47. The van der Waals surface area contributed by atoms with Crippen molar-refractivity contribution in [3.63, 3.8) is 0 Å². The molecule has 26 heavy (non-hydrogen) atoms. The van der Waals surface area contributed by atoms with E-state index in [1.165, 1.54) is 5.56 Å². The second kappa shape index (κ2) is 9.31. The van der Waals surface area contributed by atoms with E-state index >= 15 is 0 Å². The van der Waals surface area contributed by atoms with Crippen molar-refractivity contribution in [3.8, 4) is 0 Å². The van der Waals surface area contributed by atoms with E-state index in [4.69, 9.17) is 4.74 Å². The summed E-state index contributed by atoms with van der Waals surface area (Å²) in [6.07, 6.45) is 0.890. The molecule has 1 amide bonds. The van der Waals surface area contributed by atoms with Gasteiger partial charge in [0.1, 0.15) is 0 Å². The Morgan fingerprint density at radius 1 is 1.23 bits per heavy atom. The SMILES string of the molecule is CCc1ccsc1C(=O)N(Cc1ccccc1)C(C)CN1CCOCC1. The topological polar surface area (TPSA) is 32.8 Å². The lowest BCUT2D eigenvalue weighted by molar-refractivity contribution is 0.0229. The predicted octanol–water partition coefficient (Wildman–Crippen LogP) is 3.67. The van der Waals surface area contributed by atoms with Gasteiger partial charge in [0.2, 0.25) is 0 Å². The van der Waals surface area contributed by atoms with Gasteiger partial charge in [-0.25, -0.2) is 0 Å². The van der Waals surface area contributed by atoms with E-state index in [9.17, 15) is 4.79 Å². The number of thiophene rings is 1. The third-order valence-corrected chi connectivity index (χ3v) is 5.88. The first-order chi connectivity index (χ1) is 12.7. The van der Waals surface area contributed by atoms with Crippen LogP contribution in [-0.4, -0.2) is 54.6 Å². The average molecular weight is 373 g/mol. The van der Waals surface area contributed by atoms with Gasteiger partial charge in [-0.2, -0.15) is 0 Å². The normalized spacial score (nSPS) is 16.4. The van der Waals surface area contributed by atoms with E-state index in [1.807, 2.05) is 28.5 Å². The highest BCUT2D eigenvalue weighted by Crippen LogP contribution is 2.22. The van der Waals surface area contributed by atoms with Gasteiger partial charge in [-0.05, 0) is 35.9 Å². The van der Waals surface area contributed by atoms with Gasteiger partial charge in [0.25, 0.3) is 5.91 Å². The molecular formula is C21H28N2O2S. The van der Waals surface area contributed by atoms with Crippen LogP contribution in [0.1, 0.15) is 34.6 Å². The Hall–Kier alpha value is -1.69. The number of rotatable bonds is 7. The number of benzene rings is 1. The van der Waals surface area contributed by atoms with Crippen LogP contribution in [0.3, 0.4) is 0 Å². The second-order valence-electron chi connectivity index (χ2n) is 6.81. The molecule has 0 saturated carbocycles. The summed E-state index contributed by atoms with van der Waals surface area (Å²) in [6, 6.07) is 12.5. The summed E-state index contributed by atoms with van der Waals surface area (Å²) < 4.78 is 5.45. The summed E-state index contributed by atoms with van der Waals surface area (Å²) in [4.78, 5) is 18.7. The van der Waals surface area contributed by atoms with E-state index in [1.54, 1.807) is 11.3 Å². The highest BCUT2D eigenvalue weighted by molar-refractivity contribution is 7.12. The summed E-state index contributed by atoms with van der Waals surface area (Å²) >= 11 is 1.56. The smallest absolute Gasteiger partial charge is 0.264 e. The van der Waals surface area contributed by atoms with Crippen LogP contribution in [-0.2, 0) is 17.7 Å². The molecule has 1 aliphatic rings. The van der Waals surface area contributed by atoms with E-state index in [0.29, 0.717) is 6.54 Å². The predicted molar refractivity (Wildman–Crippen MR) is 107 cm³/mol. The molecule has 1 aromatic heterocycles. The van der Waals surface area contributed by atoms with Crippen molar-refractivity contribution in [2.75, 3.05) is 32.8 Å². The van der Waals surface area contributed by atoms with Crippen LogP contribution in [0.5, 0.6) is 0 Å². The minimum absolute atomic E-state index is 0.146. The maximum Gasteiger partial charge on any atom is 0.264 e. The number of ether oxygens (including phenoxy) is 1. The Bertz CT molecular complexity index is 695. The first-order valence-electron chi connectivity index (χ1n) is 9.40. The largest absolute Gasteiger partial charge is 0.379 e. The molecule has 0 aliphatic carbocycles. The monoisotopic (exact) mass is 372 g/mol. The van der Waals surface area contributed by atoms with Crippen LogP contribution in [0.25, 0.3) is 0 Å². The van der Waals surface area contributed by atoms with Gasteiger partial charge in [-0.1, -0.05) is 37.3 Å². The fraction of sp³-hybridized carbons (Fsp3) is 0.476. The molecule has 0 radical (unpaired) electrons. The lowest BCUT2D eigenvalue weighted by Gasteiger charge is -2.35. The standard InChI is InChI=1S/C21H28N2O2S/c1-3-19-9-14-26-20(19)21(24)23(16-18-7-5-4-6-8-18)17(2)15-22-10-12-25-13-11-22/h4-9,14,17H,3,10-13,15-16H2,1-2H3. The van der Waals surface area contributed by atoms with Crippen molar-refractivity contribution >= 4 is 17.2 Å². The molecule has 2 heterocycles. The number of carbonyl (C=O) groups excluding carboxylic acids is 1. The Morgan fingerprint density at radius 3 is 2.65 bits per heavy atom. The fourth-order valence-corrected chi connectivity index (χ4v) is 4.35. The third-order valence-electron chi connectivity index (χ3n) is 4.94. The molecule has 1 aliphatic heterocycles.